The van der Waals surface area contributed by atoms with Crippen molar-refractivity contribution in [3.05, 3.63) is 48.0 Å². The molecule has 0 aliphatic carbocycles. The van der Waals surface area contributed by atoms with Crippen molar-refractivity contribution >= 4 is 0 Å². The lowest BCUT2D eigenvalue weighted by Crippen LogP contribution is -2.30. The van der Waals surface area contributed by atoms with Crippen LogP contribution in [0.3, 0.4) is 0 Å². The van der Waals surface area contributed by atoms with Crippen molar-refractivity contribution in [1.29, 1.82) is 0 Å². The zero-order valence-electron chi connectivity index (χ0n) is 10.8. The van der Waals surface area contributed by atoms with Gasteiger partial charge in [0.05, 0.1) is 17.9 Å². The highest BCUT2D eigenvalue weighted by Gasteiger charge is 2.17. The van der Waals surface area contributed by atoms with Gasteiger partial charge in [-0.05, 0) is 19.2 Å². The summed E-state index contributed by atoms with van der Waals surface area (Å²) in [6.45, 7) is 1.34. The third-order valence-electron chi connectivity index (χ3n) is 3.00. The van der Waals surface area contributed by atoms with E-state index in [1.165, 1.54) is 0 Å². The zero-order valence-corrected chi connectivity index (χ0v) is 10.8. The highest BCUT2D eigenvalue weighted by molar-refractivity contribution is 5.12. The first-order chi connectivity index (χ1) is 8.70. The summed E-state index contributed by atoms with van der Waals surface area (Å²) < 4.78 is 1.80. The fourth-order valence-electron chi connectivity index (χ4n) is 2.04. The predicted molar refractivity (Wildman–Crippen MR) is 70.7 cm³/mol. The van der Waals surface area contributed by atoms with E-state index in [9.17, 15) is 0 Å². The van der Waals surface area contributed by atoms with Crippen molar-refractivity contribution in [2.24, 2.45) is 12.8 Å². The fraction of sp³-hybridized carbons (Fsp3) is 0.385. The number of nitrogens with zero attached hydrogens (tertiary/aromatic N) is 4. The Balaban J connectivity index is 2.08. The maximum absolute atomic E-state index is 5.87. The van der Waals surface area contributed by atoms with Gasteiger partial charge in [0.25, 0.3) is 0 Å². The van der Waals surface area contributed by atoms with Gasteiger partial charge < -0.3 is 5.73 Å². The maximum Gasteiger partial charge on any atom is 0.0544 e. The van der Waals surface area contributed by atoms with Crippen LogP contribution < -0.4 is 5.73 Å². The highest BCUT2D eigenvalue weighted by atomic mass is 15.2. The summed E-state index contributed by atoms with van der Waals surface area (Å²) in [6.07, 6.45) is 5.68. The van der Waals surface area contributed by atoms with Gasteiger partial charge in [-0.2, -0.15) is 5.10 Å². The summed E-state index contributed by atoms with van der Waals surface area (Å²) in [5, 5.41) is 4.19. The summed E-state index contributed by atoms with van der Waals surface area (Å²) in [5.41, 5.74) is 8.05. The number of aryl methyl sites for hydroxylation is 1. The van der Waals surface area contributed by atoms with Crippen molar-refractivity contribution in [2.75, 3.05) is 13.6 Å². The van der Waals surface area contributed by atoms with Crippen molar-refractivity contribution in [3.8, 4) is 0 Å². The molecule has 0 radical (unpaired) electrons. The molecule has 0 spiro atoms. The summed E-state index contributed by atoms with van der Waals surface area (Å²) in [4.78, 5) is 6.52. The quantitative estimate of drug-likeness (QED) is 0.852. The molecule has 96 valence electrons. The number of hydrogen-bond acceptors (Lipinski definition) is 4. The minimum absolute atomic E-state index is 0.167. The molecule has 0 aromatic carbocycles. The minimum atomic E-state index is 0.167. The smallest absolute Gasteiger partial charge is 0.0544 e. The van der Waals surface area contributed by atoms with E-state index in [2.05, 4.69) is 22.0 Å². The van der Waals surface area contributed by atoms with Gasteiger partial charge in [-0.15, -0.1) is 0 Å². The molecule has 0 fully saturated rings. The van der Waals surface area contributed by atoms with Crippen molar-refractivity contribution in [2.45, 2.75) is 12.6 Å². The van der Waals surface area contributed by atoms with Crippen LogP contribution in [0.25, 0.3) is 0 Å². The van der Waals surface area contributed by atoms with Crippen LogP contribution in [0, 0.1) is 0 Å². The Bertz CT molecular complexity index is 479. The van der Waals surface area contributed by atoms with E-state index in [0.29, 0.717) is 6.54 Å². The first-order valence-corrected chi connectivity index (χ1v) is 5.99. The molecule has 18 heavy (non-hydrogen) atoms. The zero-order chi connectivity index (χ0) is 13.0. The van der Waals surface area contributed by atoms with Crippen LogP contribution in [0.2, 0.25) is 0 Å². The highest BCUT2D eigenvalue weighted by Crippen LogP contribution is 2.18. The Labute approximate surface area is 107 Å². The summed E-state index contributed by atoms with van der Waals surface area (Å²) in [6, 6.07) is 6.11. The lowest BCUT2D eigenvalue weighted by molar-refractivity contribution is 0.239. The molecule has 0 amide bonds. The molecule has 2 heterocycles. The van der Waals surface area contributed by atoms with Gasteiger partial charge in [0.2, 0.25) is 0 Å². The van der Waals surface area contributed by atoms with Gasteiger partial charge in [0.15, 0.2) is 0 Å². The van der Waals surface area contributed by atoms with Crippen LogP contribution in [-0.2, 0) is 13.6 Å². The van der Waals surface area contributed by atoms with Gasteiger partial charge in [0, 0.05) is 38.1 Å². The summed E-state index contributed by atoms with van der Waals surface area (Å²) >= 11 is 0. The number of aromatic nitrogens is 3. The lowest BCUT2D eigenvalue weighted by atomic mass is 10.1. The summed E-state index contributed by atoms with van der Waals surface area (Å²) in [5.74, 6) is 0. The van der Waals surface area contributed by atoms with E-state index in [4.69, 9.17) is 5.73 Å². The van der Waals surface area contributed by atoms with Crippen LogP contribution in [0.4, 0.5) is 0 Å². The van der Waals surface area contributed by atoms with Gasteiger partial charge in [0.1, 0.15) is 0 Å². The summed E-state index contributed by atoms with van der Waals surface area (Å²) in [7, 11) is 3.97. The molecular weight excluding hydrogens is 226 g/mol. The SMILES string of the molecule is CN(Cc1ccccn1)C(CN)c1cnn(C)c1. The van der Waals surface area contributed by atoms with Crippen LogP contribution in [0.15, 0.2) is 36.8 Å². The Morgan fingerprint density at radius 3 is 2.83 bits per heavy atom. The molecule has 5 heteroatoms. The second-order valence-corrected chi connectivity index (χ2v) is 4.44. The van der Waals surface area contributed by atoms with Crippen LogP contribution >= 0.6 is 0 Å². The van der Waals surface area contributed by atoms with Crippen molar-refractivity contribution in [3.63, 3.8) is 0 Å². The van der Waals surface area contributed by atoms with E-state index >= 15 is 0 Å². The van der Waals surface area contributed by atoms with Crippen LogP contribution in [-0.4, -0.2) is 33.3 Å². The second-order valence-electron chi connectivity index (χ2n) is 4.44. The number of rotatable bonds is 5. The van der Waals surface area contributed by atoms with E-state index in [0.717, 1.165) is 17.8 Å². The number of nitrogens with two attached hydrogens (primary N) is 1. The molecule has 0 aliphatic heterocycles. The largest absolute Gasteiger partial charge is 0.329 e. The number of likely N-dealkylation sites (N-methyl/N-ethyl adjacent to an activating group) is 1. The maximum atomic E-state index is 5.87. The second kappa shape index (κ2) is 5.75. The molecular formula is C13H19N5. The molecule has 1 unspecified atom stereocenters. The fourth-order valence-corrected chi connectivity index (χ4v) is 2.04. The van der Waals surface area contributed by atoms with Crippen LogP contribution in [0.5, 0.6) is 0 Å². The van der Waals surface area contributed by atoms with Crippen molar-refractivity contribution < 1.29 is 0 Å². The first-order valence-electron chi connectivity index (χ1n) is 5.99. The molecule has 5 nitrogen and oxygen atoms in total. The third-order valence-corrected chi connectivity index (χ3v) is 3.00. The number of pyridine rings is 1. The first kappa shape index (κ1) is 12.7. The normalized spacial score (nSPS) is 12.9. The monoisotopic (exact) mass is 245 g/mol. The van der Waals surface area contributed by atoms with Gasteiger partial charge in [-0.1, -0.05) is 6.07 Å². The van der Waals surface area contributed by atoms with Crippen LogP contribution in [0.1, 0.15) is 17.3 Å². The molecule has 2 aromatic rings. The van der Waals surface area contributed by atoms with Crippen molar-refractivity contribution in [1.82, 2.24) is 19.7 Å². The Morgan fingerprint density at radius 2 is 2.28 bits per heavy atom. The standard InChI is InChI=1S/C13H19N5/c1-17(10-12-5-3-4-6-15-12)13(7-14)11-8-16-18(2)9-11/h3-6,8-9,13H,7,10,14H2,1-2H3. The average Bonchev–Trinajstić information content (AvgIpc) is 2.78. The molecule has 2 N–H and O–H groups in total. The Hall–Kier alpha value is -1.72. The molecule has 2 rings (SSSR count). The van der Waals surface area contributed by atoms with Gasteiger partial charge >= 0.3 is 0 Å². The molecule has 0 saturated carbocycles. The van der Waals surface area contributed by atoms with Gasteiger partial charge in [-0.25, -0.2) is 0 Å². The Morgan fingerprint density at radius 1 is 1.44 bits per heavy atom. The third kappa shape index (κ3) is 2.94. The topological polar surface area (TPSA) is 60.0 Å². The predicted octanol–water partition coefficient (Wildman–Crippen LogP) is 0.947. The molecule has 0 bridgehead atoms. The van der Waals surface area contributed by atoms with Gasteiger partial charge in [-0.3, -0.25) is 14.6 Å². The lowest BCUT2D eigenvalue weighted by Gasteiger charge is -2.25. The minimum Gasteiger partial charge on any atom is -0.329 e. The van der Waals surface area contributed by atoms with E-state index < -0.39 is 0 Å². The van der Waals surface area contributed by atoms with E-state index in [-0.39, 0.29) is 6.04 Å². The molecule has 2 aromatic heterocycles. The number of hydrogen-bond donors (Lipinski definition) is 1. The van der Waals surface area contributed by atoms with E-state index in [1.54, 1.807) is 4.68 Å². The molecule has 0 saturated heterocycles. The Kier molecular flexibility index (Phi) is 4.07. The van der Waals surface area contributed by atoms with E-state index in [1.807, 2.05) is 43.8 Å². The molecule has 0 aliphatic rings. The average molecular weight is 245 g/mol. The molecule has 1 atom stereocenters.